The van der Waals surface area contributed by atoms with Crippen molar-refractivity contribution in [1.82, 2.24) is 4.90 Å². The number of nitrogens with zero attached hydrogens (tertiary/aromatic N) is 1. The molecule has 0 bridgehead atoms. The van der Waals surface area contributed by atoms with Crippen LogP contribution in [0.15, 0.2) is 36.6 Å². The molecule has 0 spiro atoms. The number of allylic oxidation sites excluding steroid dienone is 3. The molecule has 27 heavy (non-hydrogen) atoms. The van der Waals surface area contributed by atoms with Crippen LogP contribution in [0.4, 0.5) is 5.00 Å². The first kappa shape index (κ1) is 20.9. The highest BCUT2D eigenvalue weighted by Crippen LogP contribution is 2.37. The third-order valence-electron chi connectivity index (χ3n) is 4.35. The number of aliphatic hydroxyl groups excluding tert-OH is 2. The van der Waals surface area contributed by atoms with Crippen LogP contribution in [0, 0.1) is 0 Å². The summed E-state index contributed by atoms with van der Waals surface area (Å²) in [6.45, 7) is 8.00. The van der Waals surface area contributed by atoms with E-state index >= 15 is 0 Å². The van der Waals surface area contributed by atoms with Crippen LogP contribution in [0.1, 0.15) is 28.8 Å². The molecule has 0 atom stereocenters. The first-order valence-corrected chi connectivity index (χ1v) is 9.44. The van der Waals surface area contributed by atoms with Crippen LogP contribution < -0.4 is 11.1 Å². The van der Waals surface area contributed by atoms with Gasteiger partial charge in [0.15, 0.2) is 0 Å². The molecule has 0 aliphatic carbocycles. The lowest BCUT2D eigenvalue weighted by Gasteiger charge is -2.26. The van der Waals surface area contributed by atoms with E-state index in [-0.39, 0.29) is 24.0 Å². The molecule has 1 aromatic heterocycles. The van der Waals surface area contributed by atoms with Gasteiger partial charge in [0.2, 0.25) is 11.8 Å². The lowest BCUT2D eigenvalue weighted by atomic mass is 10.0. The van der Waals surface area contributed by atoms with Crippen molar-refractivity contribution in [2.75, 3.05) is 18.5 Å². The van der Waals surface area contributed by atoms with E-state index in [0.717, 1.165) is 16.0 Å². The molecule has 0 aromatic carbocycles. The van der Waals surface area contributed by atoms with Gasteiger partial charge in [-0.2, -0.15) is 0 Å². The van der Waals surface area contributed by atoms with Crippen molar-refractivity contribution in [2.45, 2.75) is 32.4 Å². The molecular formula is C19H25N3O4S. The van der Waals surface area contributed by atoms with Crippen LogP contribution in [0.3, 0.4) is 0 Å². The van der Waals surface area contributed by atoms with E-state index in [1.165, 1.54) is 23.5 Å². The number of thiophene rings is 1. The largest absolute Gasteiger partial charge is 0.508 e. The van der Waals surface area contributed by atoms with Gasteiger partial charge in [-0.05, 0) is 30.6 Å². The predicted molar refractivity (Wildman–Crippen MR) is 106 cm³/mol. The quantitative estimate of drug-likeness (QED) is 0.399. The number of anilines is 1. The lowest BCUT2D eigenvalue weighted by Crippen LogP contribution is -2.37. The maximum absolute atomic E-state index is 12.3. The Labute approximate surface area is 162 Å². The van der Waals surface area contributed by atoms with Crippen LogP contribution in [0.2, 0.25) is 0 Å². The van der Waals surface area contributed by atoms with Gasteiger partial charge in [0, 0.05) is 30.0 Å². The first-order chi connectivity index (χ1) is 12.9. The molecule has 2 rings (SSSR count). The van der Waals surface area contributed by atoms with Crippen molar-refractivity contribution in [3.63, 3.8) is 0 Å². The van der Waals surface area contributed by atoms with Gasteiger partial charge in [-0.25, -0.2) is 0 Å². The Bertz CT molecular complexity index is 782. The number of carbonyl (C=O) groups is 2. The van der Waals surface area contributed by atoms with E-state index in [4.69, 9.17) is 10.8 Å². The molecule has 7 nitrogen and oxygen atoms in total. The number of aliphatic hydroxyl groups is 2. The van der Waals surface area contributed by atoms with Gasteiger partial charge in [0.25, 0.3) is 0 Å². The fourth-order valence-corrected chi connectivity index (χ4v) is 4.21. The SMILES string of the molecule is C=C/C(O)=C\C(=C)CCC(=O)Nc1sc2c(c1CN)CCN(C(=O)CO)C2. The number of rotatable bonds is 8. The summed E-state index contributed by atoms with van der Waals surface area (Å²) in [5, 5.41) is 22.0. The summed E-state index contributed by atoms with van der Waals surface area (Å²) in [5.41, 5.74) is 8.50. The zero-order chi connectivity index (χ0) is 20.0. The van der Waals surface area contributed by atoms with Crippen LogP contribution in [-0.2, 0) is 29.1 Å². The van der Waals surface area contributed by atoms with Crippen molar-refractivity contribution in [2.24, 2.45) is 5.73 Å². The van der Waals surface area contributed by atoms with Gasteiger partial charge in [-0.1, -0.05) is 18.7 Å². The van der Waals surface area contributed by atoms with Gasteiger partial charge in [-0.3, -0.25) is 9.59 Å². The minimum atomic E-state index is -0.506. The van der Waals surface area contributed by atoms with Gasteiger partial charge >= 0.3 is 0 Å². The Morgan fingerprint density at radius 3 is 2.74 bits per heavy atom. The third kappa shape index (κ3) is 5.29. The molecule has 0 unspecified atom stereocenters. The monoisotopic (exact) mass is 391 g/mol. The van der Waals surface area contributed by atoms with Crippen molar-refractivity contribution < 1.29 is 19.8 Å². The summed E-state index contributed by atoms with van der Waals surface area (Å²) in [6.07, 6.45) is 4.07. The maximum Gasteiger partial charge on any atom is 0.248 e. The number of hydrogen-bond donors (Lipinski definition) is 4. The summed E-state index contributed by atoms with van der Waals surface area (Å²) >= 11 is 1.42. The van der Waals surface area contributed by atoms with E-state index in [9.17, 15) is 14.7 Å². The first-order valence-electron chi connectivity index (χ1n) is 8.62. The number of hydrogen-bond acceptors (Lipinski definition) is 6. The van der Waals surface area contributed by atoms with Crippen molar-refractivity contribution >= 4 is 28.2 Å². The molecule has 1 aliphatic heterocycles. The Balaban J connectivity index is 2.04. The summed E-state index contributed by atoms with van der Waals surface area (Å²) in [5.74, 6) is -0.457. The van der Waals surface area contributed by atoms with Crippen molar-refractivity contribution in [1.29, 1.82) is 0 Å². The molecule has 0 radical (unpaired) electrons. The van der Waals surface area contributed by atoms with Crippen LogP contribution in [0.5, 0.6) is 0 Å². The summed E-state index contributed by atoms with van der Waals surface area (Å²) < 4.78 is 0. The Morgan fingerprint density at radius 1 is 1.37 bits per heavy atom. The number of amides is 2. The standard InChI is InChI=1S/C19H25N3O4S/c1-3-13(24)8-12(2)4-5-17(25)21-19-15(9-20)14-6-7-22(18(26)11-23)10-16(14)27-19/h3,8,23-24H,1-2,4-7,9-11,20H2,(H,21,25)/b13-8+. The van der Waals surface area contributed by atoms with Crippen LogP contribution in [0.25, 0.3) is 0 Å². The van der Waals surface area contributed by atoms with Crippen LogP contribution >= 0.6 is 11.3 Å². The van der Waals surface area contributed by atoms with Gasteiger partial charge in [0.1, 0.15) is 12.4 Å². The fraction of sp³-hybridized carbons (Fsp3) is 0.368. The van der Waals surface area contributed by atoms with E-state index in [0.29, 0.717) is 43.1 Å². The Morgan fingerprint density at radius 2 is 2.11 bits per heavy atom. The van der Waals surface area contributed by atoms with Gasteiger partial charge < -0.3 is 26.2 Å². The zero-order valence-corrected chi connectivity index (χ0v) is 16.0. The highest BCUT2D eigenvalue weighted by atomic mass is 32.1. The predicted octanol–water partition coefficient (Wildman–Crippen LogP) is 1.99. The highest BCUT2D eigenvalue weighted by molar-refractivity contribution is 7.16. The number of fused-ring (bicyclic) bond motifs is 1. The second kappa shape index (κ2) is 9.50. The van der Waals surface area contributed by atoms with E-state index < -0.39 is 6.61 Å². The minimum absolute atomic E-state index is 0.0127. The smallest absolute Gasteiger partial charge is 0.248 e. The second-order valence-electron chi connectivity index (χ2n) is 6.22. The average Bonchev–Trinajstić information content (AvgIpc) is 3.01. The van der Waals surface area contributed by atoms with Gasteiger partial charge in [0.05, 0.1) is 11.5 Å². The van der Waals surface area contributed by atoms with Crippen molar-refractivity contribution in [3.8, 4) is 0 Å². The molecule has 0 saturated carbocycles. The van der Waals surface area contributed by atoms with Crippen LogP contribution in [-0.4, -0.2) is 40.1 Å². The average molecular weight is 391 g/mol. The molecule has 2 heterocycles. The second-order valence-corrected chi connectivity index (χ2v) is 7.32. The molecule has 0 fully saturated rings. The van der Waals surface area contributed by atoms with E-state index in [1.807, 2.05) is 0 Å². The zero-order valence-electron chi connectivity index (χ0n) is 15.2. The molecular weight excluding hydrogens is 366 g/mol. The summed E-state index contributed by atoms with van der Waals surface area (Å²) in [6, 6.07) is 0. The summed E-state index contributed by atoms with van der Waals surface area (Å²) in [7, 11) is 0. The number of nitrogens with two attached hydrogens (primary N) is 1. The molecule has 1 aliphatic rings. The molecule has 0 saturated heterocycles. The van der Waals surface area contributed by atoms with E-state index in [1.54, 1.807) is 4.90 Å². The minimum Gasteiger partial charge on any atom is -0.508 e. The van der Waals surface area contributed by atoms with Crippen molar-refractivity contribution in [3.05, 3.63) is 52.6 Å². The Kier molecular flexibility index (Phi) is 7.35. The lowest BCUT2D eigenvalue weighted by molar-refractivity contribution is -0.135. The topological polar surface area (TPSA) is 116 Å². The Hall–Kier alpha value is -2.42. The number of carbonyl (C=O) groups excluding carboxylic acids is 2. The number of nitrogens with one attached hydrogen (secondary N) is 1. The molecule has 2 amide bonds. The molecule has 8 heteroatoms. The highest BCUT2D eigenvalue weighted by Gasteiger charge is 2.26. The molecule has 5 N–H and O–H groups in total. The third-order valence-corrected chi connectivity index (χ3v) is 5.52. The molecule has 1 aromatic rings. The van der Waals surface area contributed by atoms with E-state index in [2.05, 4.69) is 18.5 Å². The summed E-state index contributed by atoms with van der Waals surface area (Å²) in [4.78, 5) is 26.6. The maximum atomic E-state index is 12.3. The molecule has 146 valence electrons. The normalized spacial score (nSPS) is 13.9. The fourth-order valence-electron chi connectivity index (χ4n) is 2.90. The van der Waals surface area contributed by atoms with Gasteiger partial charge in [-0.15, -0.1) is 11.3 Å².